The van der Waals surface area contributed by atoms with E-state index in [2.05, 4.69) is 52.6 Å². The zero-order valence-electron chi connectivity index (χ0n) is 19.9. The number of unbranched alkanes of at least 4 members (excludes halogenated alkanes) is 4. The van der Waals surface area contributed by atoms with Crippen LogP contribution < -0.4 is 10.6 Å². The summed E-state index contributed by atoms with van der Waals surface area (Å²) in [5.74, 6) is 1.36. The molecule has 1 fully saturated rings. The number of ether oxygens (including phenoxy) is 1. The van der Waals surface area contributed by atoms with Crippen LogP contribution in [-0.4, -0.2) is 35.9 Å². The minimum Gasteiger partial charge on any atom is -0.444 e. The molecule has 1 amide bonds. The molecule has 1 aliphatic heterocycles. The van der Waals surface area contributed by atoms with E-state index in [1.165, 1.54) is 48.7 Å². The maximum Gasteiger partial charge on any atom is 0.407 e. The summed E-state index contributed by atoms with van der Waals surface area (Å²) in [7, 11) is 2.22. The number of para-hydroxylation sites is 1. The van der Waals surface area contributed by atoms with Gasteiger partial charge in [-0.25, -0.2) is 4.79 Å². The lowest BCUT2D eigenvalue weighted by Gasteiger charge is -2.33. The zero-order chi connectivity index (χ0) is 22.3. The van der Waals surface area contributed by atoms with E-state index in [1.54, 1.807) is 0 Å². The molecular weight excluding hydrogens is 386 g/mol. The average Bonchev–Trinajstić information content (AvgIpc) is 3.05. The first-order chi connectivity index (χ1) is 14.8. The highest BCUT2D eigenvalue weighted by Crippen LogP contribution is 2.36. The highest BCUT2D eigenvalue weighted by molar-refractivity contribution is 5.81. The molecule has 2 heterocycles. The van der Waals surface area contributed by atoms with Gasteiger partial charge in [-0.2, -0.15) is 0 Å². The second-order valence-corrected chi connectivity index (χ2v) is 10.0. The van der Waals surface area contributed by atoms with Crippen LogP contribution >= 0.6 is 0 Å². The fourth-order valence-corrected chi connectivity index (χ4v) is 4.85. The first-order valence-electron chi connectivity index (χ1n) is 12.1. The summed E-state index contributed by atoms with van der Waals surface area (Å²) >= 11 is 0. The Labute approximate surface area is 187 Å². The van der Waals surface area contributed by atoms with Crippen LogP contribution in [0.5, 0.6) is 0 Å². The number of amides is 1. The third-order valence-electron chi connectivity index (χ3n) is 6.40. The predicted molar refractivity (Wildman–Crippen MR) is 129 cm³/mol. The van der Waals surface area contributed by atoms with Gasteiger partial charge in [-0.3, -0.25) is 0 Å². The quantitative estimate of drug-likeness (QED) is 0.502. The number of carbonyl (C=O) groups is 1. The van der Waals surface area contributed by atoms with Crippen LogP contribution in [0.1, 0.15) is 77.3 Å². The smallest absolute Gasteiger partial charge is 0.407 e. The number of fused-ring (bicyclic) bond motifs is 1. The Morgan fingerprint density at radius 1 is 1.16 bits per heavy atom. The van der Waals surface area contributed by atoms with Crippen LogP contribution in [0, 0.1) is 5.92 Å². The van der Waals surface area contributed by atoms with Crippen molar-refractivity contribution in [1.29, 1.82) is 0 Å². The Kier molecular flexibility index (Phi) is 8.42. The number of alkyl carbamates (subject to hydrolysis) is 1. The Balaban J connectivity index is 1.37. The predicted octanol–water partition coefficient (Wildman–Crippen LogP) is 5.74. The molecule has 0 aliphatic carbocycles. The molecule has 0 radical (unpaired) electrons. The van der Waals surface area contributed by atoms with Crippen molar-refractivity contribution < 1.29 is 9.53 Å². The van der Waals surface area contributed by atoms with Gasteiger partial charge in [0.2, 0.25) is 0 Å². The van der Waals surface area contributed by atoms with Crippen LogP contribution in [0.25, 0.3) is 10.9 Å². The lowest BCUT2D eigenvalue weighted by atomic mass is 9.80. The summed E-state index contributed by atoms with van der Waals surface area (Å²) in [4.78, 5) is 11.7. The Hall–Kier alpha value is -2.01. The van der Waals surface area contributed by atoms with Crippen LogP contribution in [0.4, 0.5) is 4.79 Å². The fourth-order valence-electron chi connectivity index (χ4n) is 4.85. The number of aryl methyl sites for hydroxylation is 1. The number of carbonyl (C=O) groups excluding carboxylic acids is 1. The van der Waals surface area contributed by atoms with E-state index in [0.29, 0.717) is 18.4 Å². The van der Waals surface area contributed by atoms with Crippen molar-refractivity contribution in [3.8, 4) is 0 Å². The van der Waals surface area contributed by atoms with Gasteiger partial charge in [0.1, 0.15) is 5.60 Å². The second-order valence-electron chi connectivity index (χ2n) is 10.0. The minimum absolute atomic E-state index is 0.309. The third kappa shape index (κ3) is 6.99. The molecule has 1 saturated heterocycles. The van der Waals surface area contributed by atoms with E-state index in [1.807, 2.05) is 20.8 Å². The first-order valence-corrected chi connectivity index (χ1v) is 12.1. The summed E-state index contributed by atoms with van der Waals surface area (Å²) in [5, 5.41) is 7.83. The van der Waals surface area contributed by atoms with Crippen molar-refractivity contribution in [2.24, 2.45) is 13.0 Å². The van der Waals surface area contributed by atoms with Crippen LogP contribution in [0.15, 0.2) is 30.3 Å². The SMILES string of the molecule is Cn1c(C2CCNCC2CCCCCCCNC(=O)OC(C)(C)C)cc2ccccc21. The number of piperidine rings is 1. The Morgan fingerprint density at radius 2 is 1.90 bits per heavy atom. The summed E-state index contributed by atoms with van der Waals surface area (Å²) in [6.07, 6.45) is 8.16. The number of hydrogen-bond acceptors (Lipinski definition) is 3. The second kappa shape index (κ2) is 11.0. The number of hydrogen-bond donors (Lipinski definition) is 2. The maximum absolute atomic E-state index is 11.7. The van der Waals surface area contributed by atoms with Crippen LogP contribution in [0.2, 0.25) is 0 Å². The molecule has 0 spiro atoms. The minimum atomic E-state index is -0.429. The monoisotopic (exact) mass is 427 g/mol. The molecule has 1 aliphatic rings. The van der Waals surface area contributed by atoms with Crippen LogP contribution in [-0.2, 0) is 11.8 Å². The number of rotatable bonds is 9. The fraction of sp³-hybridized carbons (Fsp3) is 0.654. The van der Waals surface area contributed by atoms with Gasteiger partial charge >= 0.3 is 6.09 Å². The third-order valence-corrected chi connectivity index (χ3v) is 6.40. The van der Waals surface area contributed by atoms with E-state index in [9.17, 15) is 4.79 Å². The molecule has 2 aromatic rings. The molecule has 2 atom stereocenters. The topological polar surface area (TPSA) is 55.3 Å². The molecule has 3 rings (SSSR count). The van der Waals surface area contributed by atoms with E-state index in [4.69, 9.17) is 4.74 Å². The van der Waals surface area contributed by atoms with Crippen molar-refractivity contribution in [3.05, 3.63) is 36.0 Å². The van der Waals surface area contributed by atoms with Gasteiger partial charge in [0.15, 0.2) is 0 Å². The molecule has 5 nitrogen and oxygen atoms in total. The van der Waals surface area contributed by atoms with Gasteiger partial charge in [-0.1, -0.05) is 43.9 Å². The Morgan fingerprint density at radius 3 is 2.68 bits per heavy atom. The molecule has 31 heavy (non-hydrogen) atoms. The molecule has 0 saturated carbocycles. The molecule has 1 aromatic carbocycles. The van der Waals surface area contributed by atoms with Gasteiger partial charge in [-0.15, -0.1) is 0 Å². The summed E-state index contributed by atoms with van der Waals surface area (Å²) in [6.45, 7) is 8.61. The maximum atomic E-state index is 11.7. The lowest BCUT2D eigenvalue weighted by molar-refractivity contribution is 0.0527. The van der Waals surface area contributed by atoms with Crippen molar-refractivity contribution in [2.75, 3.05) is 19.6 Å². The van der Waals surface area contributed by atoms with E-state index in [-0.39, 0.29) is 6.09 Å². The molecular formula is C26H41N3O2. The van der Waals surface area contributed by atoms with E-state index >= 15 is 0 Å². The molecule has 172 valence electrons. The highest BCUT2D eigenvalue weighted by Gasteiger charge is 2.28. The van der Waals surface area contributed by atoms with Gasteiger partial charge < -0.3 is 19.9 Å². The zero-order valence-corrected chi connectivity index (χ0v) is 19.9. The number of nitrogens with zero attached hydrogens (tertiary/aromatic N) is 1. The van der Waals surface area contributed by atoms with Crippen molar-refractivity contribution >= 4 is 17.0 Å². The average molecular weight is 428 g/mol. The van der Waals surface area contributed by atoms with Gasteiger partial charge in [-0.05, 0) is 76.6 Å². The molecule has 2 unspecified atom stereocenters. The standard InChI is InChI=1S/C26H41N3O2/c1-26(2,3)31-25(30)28-16-11-7-5-6-8-13-21-19-27-17-15-22(21)24-18-20-12-9-10-14-23(20)29(24)4/h9-10,12,14,18,21-22,27H,5-8,11,13,15-17,19H2,1-4H3,(H,28,30). The number of aromatic nitrogens is 1. The van der Waals surface area contributed by atoms with Crippen molar-refractivity contribution in [1.82, 2.24) is 15.2 Å². The summed E-state index contributed by atoms with van der Waals surface area (Å²) in [5.41, 5.74) is 2.41. The molecule has 1 aromatic heterocycles. The number of nitrogens with one attached hydrogen (secondary N) is 2. The molecule has 0 bridgehead atoms. The lowest BCUT2D eigenvalue weighted by Crippen LogP contribution is -2.36. The normalized spacial score (nSPS) is 19.5. The van der Waals surface area contributed by atoms with E-state index < -0.39 is 5.60 Å². The van der Waals surface area contributed by atoms with Crippen LogP contribution in [0.3, 0.4) is 0 Å². The Bertz CT molecular complexity index is 837. The van der Waals surface area contributed by atoms with Gasteiger partial charge in [0, 0.05) is 30.7 Å². The largest absolute Gasteiger partial charge is 0.444 e. The van der Waals surface area contributed by atoms with Gasteiger partial charge in [0.25, 0.3) is 0 Å². The van der Waals surface area contributed by atoms with Crippen molar-refractivity contribution in [2.45, 2.75) is 77.2 Å². The highest BCUT2D eigenvalue weighted by atomic mass is 16.6. The van der Waals surface area contributed by atoms with Gasteiger partial charge in [0.05, 0.1) is 0 Å². The first kappa shape index (κ1) is 23.6. The summed E-state index contributed by atoms with van der Waals surface area (Å²) < 4.78 is 7.68. The number of benzene rings is 1. The van der Waals surface area contributed by atoms with Crippen molar-refractivity contribution in [3.63, 3.8) is 0 Å². The molecule has 2 N–H and O–H groups in total. The summed E-state index contributed by atoms with van der Waals surface area (Å²) in [6, 6.07) is 11.1. The molecule has 5 heteroatoms. The van der Waals surface area contributed by atoms with E-state index in [0.717, 1.165) is 25.9 Å².